The molecular formula is C15H22ClNO2. The Hall–Kier alpha value is -1.22. The molecule has 3 nitrogen and oxygen atoms in total. The standard InChI is InChI=1S/C15H22ClNO2/c1-3-4-7-10-17(11-12(2)15(18)19)14-9-6-5-8-13(14)16/h5-6,8-9,12H,3-4,7,10-11H2,1-2H3,(H,18,19). The predicted octanol–water partition coefficient (Wildman–Crippen LogP) is 4.06. The van der Waals surface area contributed by atoms with Crippen LogP contribution < -0.4 is 4.90 Å². The number of carboxylic acids is 1. The van der Waals surface area contributed by atoms with Gasteiger partial charge in [-0.05, 0) is 18.6 Å². The summed E-state index contributed by atoms with van der Waals surface area (Å²) in [5, 5.41) is 9.74. The van der Waals surface area contributed by atoms with Crippen LogP contribution in [0.25, 0.3) is 0 Å². The van der Waals surface area contributed by atoms with E-state index in [0.29, 0.717) is 11.6 Å². The second kappa shape index (κ2) is 8.05. The largest absolute Gasteiger partial charge is 0.481 e. The van der Waals surface area contributed by atoms with E-state index < -0.39 is 11.9 Å². The molecule has 1 aromatic rings. The van der Waals surface area contributed by atoms with Gasteiger partial charge in [-0.3, -0.25) is 4.79 Å². The van der Waals surface area contributed by atoms with Crippen LogP contribution in [-0.4, -0.2) is 24.2 Å². The number of carbonyl (C=O) groups is 1. The van der Waals surface area contributed by atoms with Crippen molar-refractivity contribution in [2.75, 3.05) is 18.0 Å². The minimum absolute atomic E-state index is 0.405. The van der Waals surface area contributed by atoms with Crippen molar-refractivity contribution >= 4 is 23.3 Å². The summed E-state index contributed by atoms with van der Waals surface area (Å²) in [6, 6.07) is 7.61. The van der Waals surface area contributed by atoms with Crippen LogP contribution in [0, 0.1) is 5.92 Å². The van der Waals surface area contributed by atoms with E-state index in [0.717, 1.165) is 31.5 Å². The molecule has 1 unspecified atom stereocenters. The smallest absolute Gasteiger partial charge is 0.308 e. The molecule has 1 atom stereocenters. The molecule has 0 saturated carbocycles. The highest BCUT2D eigenvalue weighted by Gasteiger charge is 2.17. The minimum Gasteiger partial charge on any atom is -0.481 e. The van der Waals surface area contributed by atoms with Crippen molar-refractivity contribution in [1.29, 1.82) is 0 Å². The fraction of sp³-hybridized carbons (Fsp3) is 0.533. The molecule has 0 amide bonds. The van der Waals surface area contributed by atoms with Gasteiger partial charge in [-0.15, -0.1) is 0 Å². The number of hydrogen-bond acceptors (Lipinski definition) is 2. The number of anilines is 1. The Morgan fingerprint density at radius 1 is 1.37 bits per heavy atom. The lowest BCUT2D eigenvalue weighted by Crippen LogP contribution is -2.32. The Labute approximate surface area is 120 Å². The molecule has 0 aromatic heterocycles. The van der Waals surface area contributed by atoms with E-state index in [4.69, 9.17) is 16.7 Å². The lowest BCUT2D eigenvalue weighted by atomic mass is 10.1. The van der Waals surface area contributed by atoms with Gasteiger partial charge in [-0.25, -0.2) is 0 Å². The number of nitrogens with zero attached hydrogens (tertiary/aromatic N) is 1. The maximum Gasteiger partial charge on any atom is 0.308 e. The van der Waals surface area contributed by atoms with E-state index in [1.807, 2.05) is 24.3 Å². The van der Waals surface area contributed by atoms with E-state index in [9.17, 15) is 4.79 Å². The molecular weight excluding hydrogens is 262 g/mol. The summed E-state index contributed by atoms with van der Waals surface area (Å²) in [4.78, 5) is 13.1. The summed E-state index contributed by atoms with van der Waals surface area (Å²) in [7, 11) is 0. The van der Waals surface area contributed by atoms with Gasteiger partial charge in [0.1, 0.15) is 0 Å². The van der Waals surface area contributed by atoms with E-state index in [-0.39, 0.29) is 0 Å². The van der Waals surface area contributed by atoms with Gasteiger partial charge in [0.2, 0.25) is 0 Å². The van der Waals surface area contributed by atoms with Crippen molar-refractivity contribution in [2.45, 2.75) is 33.1 Å². The molecule has 0 spiro atoms. The van der Waals surface area contributed by atoms with Crippen molar-refractivity contribution in [3.05, 3.63) is 29.3 Å². The van der Waals surface area contributed by atoms with Crippen LogP contribution in [0.1, 0.15) is 33.1 Å². The molecule has 0 heterocycles. The van der Waals surface area contributed by atoms with Gasteiger partial charge in [0, 0.05) is 13.1 Å². The number of para-hydroxylation sites is 1. The highest BCUT2D eigenvalue weighted by atomic mass is 35.5. The monoisotopic (exact) mass is 283 g/mol. The normalized spacial score (nSPS) is 12.2. The van der Waals surface area contributed by atoms with E-state index in [1.54, 1.807) is 6.92 Å². The van der Waals surface area contributed by atoms with Crippen molar-refractivity contribution in [3.63, 3.8) is 0 Å². The first kappa shape index (κ1) is 15.8. The summed E-state index contributed by atoms with van der Waals surface area (Å²) in [5.74, 6) is -1.18. The highest BCUT2D eigenvalue weighted by molar-refractivity contribution is 6.33. The second-order valence-electron chi connectivity index (χ2n) is 4.84. The molecule has 0 saturated heterocycles. The molecule has 1 rings (SSSR count). The zero-order valence-electron chi connectivity index (χ0n) is 11.6. The molecule has 106 valence electrons. The van der Waals surface area contributed by atoms with Crippen LogP contribution in [-0.2, 0) is 4.79 Å². The Bertz CT molecular complexity index is 409. The molecule has 0 aliphatic carbocycles. The fourth-order valence-electron chi connectivity index (χ4n) is 1.98. The first-order valence-electron chi connectivity index (χ1n) is 6.78. The molecule has 0 bridgehead atoms. The minimum atomic E-state index is -0.771. The van der Waals surface area contributed by atoms with Crippen molar-refractivity contribution in [3.8, 4) is 0 Å². The van der Waals surface area contributed by atoms with Crippen LogP contribution in [0.5, 0.6) is 0 Å². The van der Waals surface area contributed by atoms with E-state index in [1.165, 1.54) is 0 Å². The van der Waals surface area contributed by atoms with Crippen molar-refractivity contribution < 1.29 is 9.90 Å². The van der Waals surface area contributed by atoms with Crippen LogP contribution >= 0.6 is 11.6 Å². The fourth-order valence-corrected chi connectivity index (χ4v) is 2.23. The number of hydrogen-bond donors (Lipinski definition) is 1. The molecule has 0 aliphatic rings. The third-order valence-corrected chi connectivity index (χ3v) is 3.46. The van der Waals surface area contributed by atoms with Gasteiger partial charge in [0.15, 0.2) is 0 Å². The van der Waals surface area contributed by atoms with Crippen molar-refractivity contribution in [1.82, 2.24) is 0 Å². The summed E-state index contributed by atoms with van der Waals surface area (Å²) >= 11 is 6.21. The Kier molecular flexibility index (Phi) is 6.71. The van der Waals surface area contributed by atoms with Crippen LogP contribution in [0.15, 0.2) is 24.3 Å². The number of rotatable bonds is 8. The number of carboxylic acid groups (broad SMARTS) is 1. The van der Waals surface area contributed by atoms with Crippen LogP contribution in [0.4, 0.5) is 5.69 Å². The van der Waals surface area contributed by atoms with E-state index >= 15 is 0 Å². The Morgan fingerprint density at radius 2 is 2.05 bits per heavy atom. The third-order valence-electron chi connectivity index (χ3n) is 3.14. The first-order chi connectivity index (χ1) is 9.06. The zero-order chi connectivity index (χ0) is 14.3. The molecule has 0 aliphatic heterocycles. The average molecular weight is 284 g/mol. The number of aliphatic carboxylic acids is 1. The molecule has 19 heavy (non-hydrogen) atoms. The third kappa shape index (κ3) is 5.11. The molecule has 1 N–H and O–H groups in total. The van der Waals surface area contributed by atoms with E-state index in [2.05, 4.69) is 11.8 Å². The lowest BCUT2D eigenvalue weighted by Gasteiger charge is -2.27. The van der Waals surface area contributed by atoms with Gasteiger partial charge in [-0.1, -0.05) is 50.4 Å². The Balaban J connectivity index is 2.79. The lowest BCUT2D eigenvalue weighted by molar-refractivity contribution is -0.140. The maximum atomic E-state index is 11.0. The number of benzene rings is 1. The summed E-state index contributed by atoms with van der Waals surface area (Å²) in [6.07, 6.45) is 3.33. The van der Waals surface area contributed by atoms with Gasteiger partial charge in [0.05, 0.1) is 16.6 Å². The maximum absolute atomic E-state index is 11.0. The van der Waals surface area contributed by atoms with Crippen LogP contribution in [0.2, 0.25) is 5.02 Å². The first-order valence-corrected chi connectivity index (χ1v) is 7.16. The number of unbranched alkanes of at least 4 members (excludes halogenated alkanes) is 2. The van der Waals surface area contributed by atoms with Gasteiger partial charge in [0.25, 0.3) is 0 Å². The highest BCUT2D eigenvalue weighted by Crippen LogP contribution is 2.26. The van der Waals surface area contributed by atoms with Crippen molar-refractivity contribution in [2.24, 2.45) is 5.92 Å². The van der Waals surface area contributed by atoms with Gasteiger partial charge in [-0.2, -0.15) is 0 Å². The summed E-state index contributed by atoms with van der Waals surface area (Å²) in [6.45, 7) is 5.21. The van der Waals surface area contributed by atoms with Gasteiger partial charge < -0.3 is 10.0 Å². The summed E-state index contributed by atoms with van der Waals surface area (Å²) in [5.41, 5.74) is 0.924. The zero-order valence-corrected chi connectivity index (χ0v) is 12.4. The molecule has 0 fully saturated rings. The quantitative estimate of drug-likeness (QED) is 0.732. The molecule has 4 heteroatoms. The SMILES string of the molecule is CCCCCN(CC(C)C(=O)O)c1ccccc1Cl. The summed E-state index contributed by atoms with van der Waals surface area (Å²) < 4.78 is 0. The average Bonchev–Trinajstić information content (AvgIpc) is 2.38. The molecule has 1 aromatic carbocycles. The second-order valence-corrected chi connectivity index (χ2v) is 5.25. The van der Waals surface area contributed by atoms with Gasteiger partial charge >= 0.3 is 5.97 Å². The Morgan fingerprint density at radius 3 is 2.63 bits per heavy atom. The number of halogens is 1. The van der Waals surface area contributed by atoms with Crippen LogP contribution in [0.3, 0.4) is 0 Å². The topological polar surface area (TPSA) is 40.5 Å². The predicted molar refractivity (Wildman–Crippen MR) is 80.0 cm³/mol. The molecule has 0 radical (unpaired) electrons.